The van der Waals surface area contributed by atoms with Gasteiger partial charge in [-0.1, -0.05) is 20.8 Å². The zero-order chi connectivity index (χ0) is 12.2. The van der Waals surface area contributed by atoms with Crippen LogP contribution in [0.4, 0.5) is 0 Å². The second-order valence-electron chi connectivity index (χ2n) is 5.99. The van der Waals surface area contributed by atoms with Gasteiger partial charge in [0, 0.05) is 6.61 Å². The Morgan fingerprint density at radius 1 is 1.25 bits per heavy atom. The first-order chi connectivity index (χ1) is 7.38. The highest BCUT2D eigenvalue weighted by molar-refractivity contribution is 5.69. The number of hydrogen-bond donors (Lipinski definition) is 1. The van der Waals surface area contributed by atoms with E-state index in [0.717, 1.165) is 38.7 Å². The van der Waals surface area contributed by atoms with Crippen molar-refractivity contribution in [2.24, 2.45) is 11.3 Å². The van der Waals surface area contributed by atoms with E-state index in [1.54, 1.807) is 0 Å². The molecule has 0 amide bonds. The lowest BCUT2D eigenvalue weighted by atomic mass is 9.87. The van der Waals surface area contributed by atoms with E-state index in [9.17, 15) is 4.79 Å². The number of carbonyl (C=O) groups is 1. The second-order valence-corrected chi connectivity index (χ2v) is 5.99. The van der Waals surface area contributed by atoms with Gasteiger partial charge in [0.25, 0.3) is 0 Å². The number of ether oxygens (including phenoxy) is 1. The summed E-state index contributed by atoms with van der Waals surface area (Å²) >= 11 is 0. The average Bonchev–Trinajstić information content (AvgIpc) is 2.16. The van der Waals surface area contributed by atoms with Gasteiger partial charge in [-0.3, -0.25) is 4.79 Å². The molecule has 1 aliphatic rings. The summed E-state index contributed by atoms with van der Waals surface area (Å²) in [6.45, 7) is 7.42. The average molecular weight is 228 g/mol. The fourth-order valence-electron chi connectivity index (χ4n) is 2.01. The van der Waals surface area contributed by atoms with Crippen molar-refractivity contribution < 1.29 is 14.6 Å². The Kier molecular flexibility index (Phi) is 4.78. The van der Waals surface area contributed by atoms with Crippen molar-refractivity contribution >= 4 is 5.97 Å². The Balaban J connectivity index is 2.15. The summed E-state index contributed by atoms with van der Waals surface area (Å²) < 4.78 is 5.79. The molecule has 0 heterocycles. The summed E-state index contributed by atoms with van der Waals surface area (Å²) in [5.74, 6) is -0.782. The van der Waals surface area contributed by atoms with Gasteiger partial charge < -0.3 is 9.84 Å². The molecule has 0 aromatic heterocycles. The molecule has 1 fully saturated rings. The molecule has 1 saturated carbocycles. The molecule has 3 nitrogen and oxygen atoms in total. The SMILES string of the molecule is CC(C)(C)CCOC1CCC(C(=O)O)CC1. The Labute approximate surface area is 98.2 Å². The highest BCUT2D eigenvalue weighted by Crippen LogP contribution is 2.27. The Hall–Kier alpha value is -0.570. The van der Waals surface area contributed by atoms with Gasteiger partial charge in [-0.05, 0) is 37.5 Å². The summed E-state index contributed by atoms with van der Waals surface area (Å²) in [4.78, 5) is 10.8. The first kappa shape index (κ1) is 13.5. The second kappa shape index (κ2) is 5.67. The normalized spacial score (nSPS) is 26.7. The zero-order valence-corrected chi connectivity index (χ0v) is 10.7. The third kappa shape index (κ3) is 4.97. The van der Waals surface area contributed by atoms with Crippen LogP contribution in [0.1, 0.15) is 52.9 Å². The smallest absolute Gasteiger partial charge is 0.306 e. The van der Waals surface area contributed by atoms with E-state index in [4.69, 9.17) is 9.84 Å². The van der Waals surface area contributed by atoms with Crippen LogP contribution in [0.3, 0.4) is 0 Å². The first-order valence-corrected chi connectivity index (χ1v) is 6.23. The van der Waals surface area contributed by atoms with Gasteiger partial charge in [-0.2, -0.15) is 0 Å². The van der Waals surface area contributed by atoms with Crippen LogP contribution in [-0.2, 0) is 9.53 Å². The van der Waals surface area contributed by atoms with Crippen LogP contribution in [0, 0.1) is 11.3 Å². The topological polar surface area (TPSA) is 46.5 Å². The largest absolute Gasteiger partial charge is 0.481 e. The first-order valence-electron chi connectivity index (χ1n) is 6.23. The highest BCUT2D eigenvalue weighted by Gasteiger charge is 2.26. The summed E-state index contributed by atoms with van der Waals surface area (Å²) in [5, 5.41) is 8.87. The van der Waals surface area contributed by atoms with Gasteiger partial charge >= 0.3 is 5.97 Å². The predicted molar refractivity (Wildman–Crippen MR) is 63.4 cm³/mol. The lowest BCUT2D eigenvalue weighted by Crippen LogP contribution is -2.26. The van der Waals surface area contributed by atoms with E-state index in [1.807, 2.05) is 0 Å². The molecule has 0 unspecified atom stereocenters. The van der Waals surface area contributed by atoms with Crippen LogP contribution in [0.15, 0.2) is 0 Å². The maximum atomic E-state index is 10.8. The molecule has 16 heavy (non-hydrogen) atoms. The zero-order valence-electron chi connectivity index (χ0n) is 10.7. The van der Waals surface area contributed by atoms with Crippen molar-refractivity contribution in [2.75, 3.05) is 6.61 Å². The van der Waals surface area contributed by atoms with Gasteiger partial charge in [0.2, 0.25) is 0 Å². The van der Waals surface area contributed by atoms with Crippen molar-refractivity contribution in [3.8, 4) is 0 Å². The van der Waals surface area contributed by atoms with Gasteiger partial charge in [-0.15, -0.1) is 0 Å². The quantitative estimate of drug-likeness (QED) is 0.804. The summed E-state index contributed by atoms with van der Waals surface area (Å²) in [6, 6.07) is 0. The van der Waals surface area contributed by atoms with Crippen LogP contribution in [0.5, 0.6) is 0 Å². The fourth-order valence-corrected chi connectivity index (χ4v) is 2.01. The molecule has 0 saturated heterocycles. The van der Waals surface area contributed by atoms with E-state index in [-0.39, 0.29) is 12.0 Å². The molecule has 0 atom stereocenters. The Morgan fingerprint density at radius 2 is 1.81 bits per heavy atom. The van der Waals surface area contributed by atoms with E-state index in [2.05, 4.69) is 20.8 Å². The van der Waals surface area contributed by atoms with Crippen LogP contribution < -0.4 is 0 Å². The van der Waals surface area contributed by atoms with Crippen LogP contribution in [-0.4, -0.2) is 23.8 Å². The van der Waals surface area contributed by atoms with Crippen molar-refractivity contribution in [3.63, 3.8) is 0 Å². The Bertz CT molecular complexity index is 222. The van der Waals surface area contributed by atoms with Crippen molar-refractivity contribution in [1.29, 1.82) is 0 Å². The van der Waals surface area contributed by atoms with Gasteiger partial charge in [0.1, 0.15) is 0 Å². The maximum absolute atomic E-state index is 10.8. The lowest BCUT2D eigenvalue weighted by molar-refractivity contribution is -0.143. The molecule has 1 rings (SSSR count). The van der Waals surface area contributed by atoms with E-state index in [0.29, 0.717) is 5.41 Å². The van der Waals surface area contributed by atoms with Gasteiger partial charge in [0.05, 0.1) is 12.0 Å². The van der Waals surface area contributed by atoms with Crippen LogP contribution in [0.2, 0.25) is 0 Å². The molecule has 0 aromatic rings. The molecule has 1 N–H and O–H groups in total. The standard InChI is InChI=1S/C13H24O3/c1-13(2,3)8-9-16-11-6-4-10(5-7-11)12(14)15/h10-11H,4-9H2,1-3H3,(H,14,15). The van der Waals surface area contributed by atoms with Gasteiger partial charge in [-0.25, -0.2) is 0 Å². The fraction of sp³-hybridized carbons (Fsp3) is 0.923. The van der Waals surface area contributed by atoms with Crippen LogP contribution >= 0.6 is 0 Å². The molecule has 0 bridgehead atoms. The Morgan fingerprint density at radius 3 is 2.25 bits per heavy atom. The summed E-state index contributed by atoms with van der Waals surface area (Å²) in [5.41, 5.74) is 0.318. The van der Waals surface area contributed by atoms with E-state index in [1.165, 1.54) is 0 Å². The minimum absolute atomic E-state index is 0.137. The van der Waals surface area contributed by atoms with Crippen LogP contribution in [0.25, 0.3) is 0 Å². The van der Waals surface area contributed by atoms with Crippen molar-refractivity contribution in [3.05, 3.63) is 0 Å². The molecular formula is C13H24O3. The summed E-state index contributed by atoms with van der Waals surface area (Å²) in [7, 11) is 0. The lowest BCUT2D eigenvalue weighted by Gasteiger charge is -2.27. The number of aliphatic carboxylic acids is 1. The minimum Gasteiger partial charge on any atom is -0.481 e. The number of rotatable bonds is 4. The third-order valence-electron chi connectivity index (χ3n) is 3.23. The maximum Gasteiger partial charge on any atom is 0.306 e. The molecule has 0 spiro atoms. The van der Waals surface area contributed by atoms with E-state index < -0.39 is 5.97 Å². The van der Waals surface area contributed by atoms with Gasteiger partial charge in [0.15, 0.2) is 0 Å². The number of carboxylic acids is 1. The molecule has 94 valence electrons. The minimum atomic E-state index is -0.645. The molecule has 3 heteroatoms. The molecule has 0 aromatic carbocycles. The highest BCUT2D eigenvalue weighted by atomic mass is 16.5. The predicted octanol–water partition coefficient (Wildman–Crippen LogP) is 3.08. The van der Waals surface area contributed by atoms with Crippen molar-refractivity contribution in [2.45, 2.75) is 59.0 Å². The number of carboxylic acid groups (broad SMARTS) is 1. The third-order valence-corrected chi connectivity index (χ3v) is 3.23. The van der Waals surface area contributed by atoms with Crippen molar-refractivity contribution in [1.82, 2.24) is 0 Å². The summed E-state index contributed by atoms with van der Waals surface area (Å²) in [6.07, 6.45) is 4.71. The monoisotopic (exact) mass is 228 g/mol. The molecular weight excluding hydrogens is 204 g/mol. The molecule has 1 aliphatic carbocycles. The molecule has 0 radical (unpaired) electrons. The van der Waals surface area contributed by atoms with E-state index >= 15 is 0 Å². The number of hydrogen-bond acceptors (Lipinski definition) is 2. The molecule has 0 aliphatic heterocycles.